The zero-order valence-electron chi connectivity index (χ0n) is 16.3. The molecule has 0 radical (unpaired) electrons. The Balaban J connectivity index is 1.67. The summed E-state index contributed by atoms with van der Waals surface area (Å²) in [6.45, 7) is 2.31. The third-order valence-corrected chi connectivity index (χ3v) is 5.93. The molecule has 1 aromatic carbocycles. The minimum Gasteiger partial charge on any atom is -0.327 e. The highest BCUT2D eigenvalue weighted by molar-refractivity contribution is 7.14. The molecule has 0 aliphatic carbocycles. The van der Waals surface area contributed by atoms with E-state index in [4.69, 9.17) is 5.73 Å². The van der Waals surface area contributed by atoms with E-state index in [-0.39, 0.29) is 29.9 Å². The SMILES string of the molecule is Cc1cccc2ccc(=O)n(-c3ccc(Cn4cnn(C/C(=C/F)CN)c4=O)s3)c12. The third kappa shape index (κ3) is 3.64. The van der Waals surface area contributed by atoms with Crippen LogP contribution in [0, 0.1) is 6.92 Å². The number of benzene rings is 1. The fourth-order valence-electron chi connectivity index (χ4n) is 3.35. The highest BCUT2D eigenvalue weighted by Gasteiger charge is 2.12. The number of nitrogens with two attached hydrogens (primary N) is 1. The van der Waals surface area contributed by atoms with Gasteiger partial charge in [0.15, 0.2) is 0 Å². The molecule has 7 nitrogen and oxygen atoms in total. The molecule has 4 aromatic rings. The van der Waals surface area contributed by atoms with Crippen LogP contribution in [-0.2, 0) is 13.1 Å². The fourth-order valence-corrected chi connectivity index (χ4v) is 4.37. The number of aromatic nitrogens is 4. The van der Waals surface area contributed by atoms with Crippen molar-refractivity contribution < 1.29 is 4.39 Å². The van der Waals surface area contributed by atoms with Gasteiger partial charge in [-0.25, -0.2) is 13.9 Å². The van der Waals surface area contributed by atoms with E-state index in [1.807, 2.05) is 43.3 Å². The standard InChI is InChI=1S/C21H20FN5O2S/c1-14-3-2-4-16-5-7-18(28)27(20(14)16)19-8-6-17(30-19)12-25-13-24-26(21(25)29)11-15(9-22)10-23/h2-9,13H,10-12,23H2,1H3/b15-9+. The van der Waals surface area contributed by atoms with Gasteiger partial charge in [-0.3, -0.25) is 13.9 Å². The van der Waals surface area contributed by atoms with Crippen molar-refractivity contribution in [1.29, 1.82) is 0 Å². The number of thiophene rings is 1. The van der Waals surface area contributed by atoms with Crippen LogP contribution in [0.1, 0.15) is 10.4 Å². The second-order valence-electron chi connectivity index (χ2n) is 6.93. The van der Waals surface area contributed by atoms with Crippen molar-refractivity contribution in [2.45, 2.75) is 20.0 Å². The summed E-state index contributed by atoms with van der Waals surface area (Å²) < 4.78 is 17.1. The van der Waals surface area contributed by atoms with E-state index >= 15 is 0 Å². The molecule has 4 rings (SSSR count). The maximum absolute atomic E-state index is 12.7. The number of rotatable bonds is 6. The highest BCUT2D eigenvalue weighted by atomic mass is 32.1. The van der Waals surface area contributed by atoms with Crippen molar-refractivity contribution in [3.63, 3.8) is 0 Å². The molecular formula is C21H20FN5O2S. The lowest BCUT2D eigenvalue weighted by Crippen LogP contribution is -2.26. The van der Waals surface area contributed by atoms with E-state index in [1.165, 1.54) is 26.9 Å². The largest absolute Gasteiger partial charge is 0.346 e. The van der Waals surface area contributed by atoms with Crippen LogP contribution in [0.3, 0.4) is 0 Å². The number of halogens is 1. The van der Waals surface area contributed by atoms with Gasteiger partial charge in [-0.15, -0.1) is 11.3 Å². The summed E-state index contributed by atoms with van der Waals surface area (Å²) in [4.78, 5) is 26.0. The Morgan fingerprint density at radius 2 is 2.03 bits per heavy atom. The molecule has 0 aliphatic heterocycles. The number of pyridine rings is 1. The van der Waals surface area contributed by atoms with E-state index in [9.17, 15) is 14.0 Å². The Morgan fingerprint density at radius 3 is 2.80 bits per heavy atom. The van der Waals surface area contributed by atoms with E-state index in [0.717, 1.165) is 26.3 Å². The molecule has 9 heteroatoms. The van der Waals surface area contributed by atoms with Gasteiger partial charge in [0.05, 0.1) is 24.9 Å². The van der Waals surface area contributed by atoms with Crippen LogP contribution in [-0.4, -0.2) is 25.5 Å². The zero-order chi connectivity index (χ0) is 21.3. The lowest BCUT2D eigenvalue weighted by atomic mass is 10.1. The number of nitrogens with zero attached hydrogens (tertiary/aromatic N) is 4. The Bertz CT molecular complexity index is 1360. The van der Waals surface area contributed by atoms with Gasteiger partial charge in [-0.05, 0) is 41.6 Å². The van der Waals surface area contributed by atoms with Gasteiger partial charge in [0.25, 0.3) is 5.56 Å². The molecule has 0 aliphatic rings. The Morgan fingerprint density at radius 1 is 1.20 bits per heavy atom. The van der Waals surface area contributed by atoms with Crippen LogP contribution in [0.2, 0.25) is 0 Å². The Labute approximate surface area is 175 Å². The summed E-state index contributed by atoms with van der Waals surface area (Å²) in [6, 6.07) is 13.1. The Kier molecular flexibility index (Phi) is 5.47. The molecule has 2 N–H and O–H groups in total. The number of para-hydroxylation sites is 1. The average molecular weight is 425 g/mol. The molecule has 30 heavy (non-hydrogen) atoms. The van der Waals surface area contributed by atoms with Crippen LogP contribution in [0.5, 0.6) is 0 Å². The van der Waals surface area contributed by atoms with E-state index in [1.54, 1.807) is 10.6 Å². The first kappa shape index (κ1) is 20.0. The molecule has 0 fully saturated rings. The van der Waals surface area contributed by atoms with Crippen molar-refractivity contribution in [3.8, 4) is 5.00 Å². The summed E-state index contributed by atoms with van der Waals surface area (Å²) in [5.74, 6) is 0. The monoisotopic (exact) mass is 425 g/mol. The first-order valence-electron chi connectivity index (χ1n) is 9.32. The van der Waals surface area contributed by atoms with Crippen molar-refractivity contribution in [2.75, 3.05) is 6.54 Å². The molecule has 3 heterocycles. The summed E-state index contributed by atoms with van der Waals surface area (Å²) in [7, 11) is 0. The van der Waals surface area contributed by atoms with Crippen LogP contribution in [0.25, 0.3) is 15.9 Å². The molecule has 0 atom stereocenters. The quantitative estimate of drug-likeness (QED) is 0.514. The lowest BCUT2D eigenvalue weighted by molar-refractivity contribution is 0.604. The van der Waals surface area contributed by atoms with Crippen molar-refractivity contribution in [1.82, 2.24) is 18.9 Å². The number of hydrogen-bond acceptors (Lipinski definition) is 5. The van der Waals surface area contributed by atoms with Crippen molar-refractivity contribution in [3.05, 3.63) is 92.0 Å². The molecule has 0 saturated heterocycles. The fraction of sp³-hybridized carbons (Fsp3) is 0.190. The van der Waals surface area contributed by atoms with Crippen LogP contribution < -0.4 is 17.0 Å². The Hall–Kier alpha value is -3.30. The van der Waals surface area contributed by atoms with Gasteiger partial charge in [-0.2, -0.15) is 5.10 Å². The molecule has 0 amide bonds. The maximum atomic E-state index is 12.7. The van der Waals surface area contributed by atoms with Crippen molar-refractivity contribution >= 4 is 22.2 Å². The predicted molar refractivity (Wildman–Crippen MR) is 116 cm³/mol. The normalized spacial score (nSPS) is 12.0. The minimum absolute atomic E-state index is 0.0131. The second kappa shape index (κ2) is 8.21. The zero-order valence-corrected chi connectivity index (χ0v) is 17.1. The minimum atomic E-state index is -0.351. The summed E-state index contributed by atoms with van der Waals surface area (Å²) in [6.07, 6.45) is 1.82. The predicted octanol–water partition coefficient (Wildman–Crippen LogP) is 2.58. The first-order chi connectivity index (χ1) is 14.5. The van der Waals surface area contributed by atoms with Gasteiger partial charge in [0, 0.05) is 17.5 Å². The number of hydrogen-bond donors (Lipinski definition) is 1. The van der Waals surface area contributed by atoms with Gasteiger partial charge >= 0.3 is 5.69 Å². The molecule has 0 spiro atoms. The molecule has 0 unspecified atom stereocenters. The van der Waals surface area contributed by atoms with Crippen LogP contribution in [0.15, 0.2) is 70.3 Å². The van der Waals surface area contributed by atoms with Gasteiger partial charge in [0.1, 0.15) is 11.3 Å². The lowest BCUT2D eigenvalue weighted by Gasteiger charge is -2.10. The van der Waals surface area contributed by atoms with Gasteiger partial charge in [-0.1, -0.05) is 18.2 Å². The van der Waals surface area contributed by atoms with E-state index in [0.29, 0.717) is 12.9 Å². The number of aryl methyl sites for hydroxylation is 1. The summed E-state index contributed by atoms with van der Waals surface area (Å²) >= 11 is 1.43. The first-order valence-corrected chi connectivity index (χ1v) is 10.1. The van der Waals surface area contributed by atoms with E-state index < -0.39 is 0 Å². The number of fused-ring (bicyclic) bond motifs is 1. The van der Waals surface area contributed by atoms with Crippen LogP contribution >= 0.6 is 11.3 Å². The highest BCUT2D eigenvalue weighted by Crippen LogP contribution is 2.25. The molecule has 0 saturated carbocycles. The maximum Gasteiger partial charge on any atom is 0.346 e. The average Bonchev–Trinajstić information content (AvgIpc) is 3.34. The molecule has 0 bridgehead atoms. The van der Waals surface area contributed by atoms with Gasteiger partial charge < -0.3 is 5.73 Å². The van der Waals surface area contributed by atoms with Crippen molar-refractivity contribution in [2.24, 2.45) is 5.73 Å². The topological polar surface area (TPSA) is 87.8 Å². The smallest absolute Gasteiger partial charge is 0.327 e. The second-order valence-corrected chi connectivity index (χ2v) is 8.08. The van der Waals surface area contributed by atoms with Crippen LogP contribution in [0.4, 0.5) is 4.39 Å². The summed E-state index contributed by atoms with van der Waals surface area (Å²) in [5, 5.41) is 5.80. The van der Waals surface area contributed by atoms with E-state index in [2.05, 4.69) is 5.10 Å². The third-order valence-electron chi connectivity index (χ3n) is 4.88. The van der Waals surface area contributed by atoms with Gasteiger partial charge in [0.2, 0.25) is 0 Å². The summed E-state index contributed by atoms with van der Waals surface area (Å²) in [5.41, 5.74) is 7.15. The molecule has 154 valence electrons. The molecular weight excluding hydrogens is 405 g/mol. The molecule has 3 aromatic heterocycles.